The molecule has 5 heteroatoms. The van der Waals surface area contributed by atoms with Crippen LogP contribution in [0.5, 0.6) is 5.75 Å². The first kappa shape index (κ1) is 17.0. The maximum absolute atomic E-state index is 13.6. The van der Waals surface area contributed by atoms with Crippen LogP contribution in [0.4, 0.5) is 8.78 Å². The Labute approximate surface area is 145 Å². The first-order valence-corrected chi connectivity index (χ1v) is 7.87. The van der Waals surface area contributed by atoms with E-state index in [1.807, 2.05) is 36.4 Å². The van der Waals surface area contributed by atoms with Crippen molar-refractivity contribution in [3.8, 4) is 16.9 Å². The van der Waals surface area contributed by atoms with E-state index in [9.17, 15) is 8.78 Å². The van der Waals surface area contributed by atoms with Crippen molar-refractivity contribution < 1.29 is 13.5 Å². The molecule has 0 spiro atoms. The van der Waals surface area contributed by atoms with Crippen LogP contribution in [0.1, 0.15) is 17.2 Å². The Morgan fingerprint density at radius 3 is 2.32 bits per heavy atom. The van der Waals surface area contributed by atoms with Crippen LogP contribution in [0.3, 0.4) is 0 Å². The first-order valence-electron chi connectivity index (χ1n) is 7.87. The molecule has 128 valence electrons. The Balaban J connectivity index is 2.09. The zero-order chi connectivity index (χ0) is 17.8. The molecule has 0 aliphatic rings. The second kappa shape index (κ2) is 7.40. The predicted molar refractivity (Wildman–Crippen MR) is 93.5 cm³/mol. The van der Waals surface area contributed by atoms with E-state index in [0.29, 0.717) is 11.3 Å². The van der Waals surface area contributed by atoms with Crippen molar-refractivity contribution >= 4 is 0 Å². The van der Waals surface area contributed by atoms with Gasteiger partial charge in [0.1, 0.15) is 17.4 Å². The molecule has 2 N–H and O–H groups in total. The van der Waals surface area contributed by atoms with Gasteiger partial charge in [0, 0.05) is 30.3 Å². The normalized spacial score (nSPS) is 12.0. The molecule has 2 aromatic carbocycles. The second-order valence-electron chi connectivity index (χ2n) is 5.66. The van der Waals surface area contributed by atoms with Crippen LogP contribution in [-0.2, 0) is 0 Å². The largest absolute Gasteiger partial charge is 0.497 e. The minimum Gasteiger partial charge on any atom is -0.497 e. The lowest BCUT2D eigenvalue weighted by Gasteiger charge is -2.19. The zero-order valence-electron chi connectivity index (χ0n) is 13.7. The van der Waals surface area contributed by atoms with Crippen LogP contribution in [0.15, 0.2) is 60.8 Å². The molecule has 3 nitrogen and oxygen atoms in total. The molecule has 0 amide bonds. The Kier molecular flexibility index (Phi) is 5.05. The summed E-state index contributed by atoms with van der Waals surface area (Å²) in [7, 11) is 1.60. The lowest BCUT2D eigenvalue weighted by molar-refractivity contribution is 0.415. The zero-order valence-corrected chi connectivity index (χ0v) is 13.7. The van der Waals surface area contributed by atoms with E-state index in [1.165, 1.54) is 12.1 Å². The highest BCUT2D eigenvalue weighted by molar-refractivity contribution is 5.68. The summed E-state index contributed by atoms with van der Waals surface area (Å²) >= 11 is 0. The number of halogens is 2. The number of hydrogen-bond acceptors (Lipinski definition) is 3. The summed E-state index contributed by atoms with van der Waals surface area (Å²) in [6.45, 7) is 0.184. The highest BCUT2D eigenvalue weighted by Gasteiger charge is 2.20. The van der Waals surface area contributed by atoms with Gasteiger partial charge in [-0.05, 0) is 41.5 Å². The third-order valence-corrected chi connectivity index (χ3v) is 4.09. The van der Waals surface area contributed by atoms with Crippen molar-refractivity contribution in [2.24, 2.45) is 5.73 Å². The molecule has 0 radical (unpaired) electrons. The van der Waals surface area contributed by atoms with Gasteiger partial charge in [-0.1, -0.05) is 18.2 Å². The summed E-state index contributed by atoms with van der Waals surface area (Å²) in [5.41, 5.74) is 8.87. The van der Waals surface area contributed by atoms with Gasteiger partial charge in [0.15, 0.2) is 0 Å². The van der Waals surface area contributed by atoms with E-state index in [4.69, 9.17) is 10.5 Å². The molecule has 1 heterocycles. The van der Waals surface area contributed by atoms with Crippen molar-refractivity contribution in [1.82, 2.24) is 4.98 Å². The number of pyridine rings is 1. The second-order valence-corrected chi connectivity index (χ2v) is 5.66. The number of nitrogens with zero attached hydrogens (tertiary/aromatic N) is 1. The molecular formula is C20H18F2N2O. The molecule has 0 saturated heterocycles. The maximum atomic E-state index is 13.6. The Morgan fingerprint density at radius 1 is 1.04 bits per heavy atom. The number of nitrogens with two attached hydrogens (primary N) is 1. The predicted octanol–water partition coefficient (Wildman–Crippen LogP) is 4.13. The average molecular weight is 340 g/mol. The van der Waals surface area contributed by atoms with Gasteiger partial charge in [-0.15, -0.1) is 0 Å². The standard InChI is InChI=1S/C20H18F2N2O/c1-25-17-6-4-13(5-7-17)18-3-2-8-24-20(18)19(12-23)14-9-15(21)11-16(22)10-14/h2-11,19H,12,23H2,1H3/t19-/m1/s1. The number of hydrogen-bond donors (Lipinski definition) is 1. The fraction of sp³-hybridized carbons (Fsp3) is 0.150. The van der Waals surface area contributed by atoms with Gasteiger partial charge in [-0.3, -0.25) is 4.98 Å². The van der Waals surface area contributed by atoms with E-state index in [1.54, 1.807) is 13.3 Å². The van der Waals surface area contributed by atoms with Crippen molar-refractivity contribution in [2.75, 3.05) is 13.7 Å². The number of methoxy groups -OCH3 is 1. The average Bonchev–Trinajstić information content (AvgIpc) is 2.62. The maximum Gasteiger partial charge on any atom is 0.126 e. The first-order chi connectivity index (χ1) is 12.1. The van der Waals surface area contributed by atoms with E-state index in [2.05, 4.69) is 4.98 Å². The highest BCUT2D eigenvalue weighted by atomic mass is 19.1. The van der Waals surface area contributed by atoms with Gasteiger partial charge in [0.25, 0.3) is 0 Å². The van der Waals surface area contributed by atoms with Gasteiger partial charge in [0.05, 0.1) is 12.8 Å². The third kappa shape index (κ3) is 3.67. The Morgan fingerprint density at radius 2 is 1.72 bits per heavy atom. The van der Waals surface area contributed by atoms with Crippen molar-refractivity contribution in [1.29, 1.82) is 0 Å². The SMILES string of the molecule is COc1ccc(-c2cccnc2[C@H](CN)c2cc(F)cc(F)c2)cc1. The summed E-state index contributed by atoms with van der Waals surface area (Å²) in [5, 5.41) is 0. The molecule has 0 bridgehead atoms. The topological polar surface area (TPSA) is 48.1 Å². The molecular weight excluding hydrogens is 322 g/mol. The molecule has 0 aliphatic carbocycles. The van der Waals surface area contributed by atoms with Gasteiger partial charge in [-0.25, -0.2) is 8.78 Å². The van der Waals surface area contributed by atoms with E-state index in [0.717, 1.165) is 22.9 Å². The van der Waals surface area contributed by atoms with Crippen LogP contribution in [0, 0.1) is 11.6 Å². The molecule has 1 atom stereocenters. The van der Waals surface area contributed by atoms with E-state index < -0.39 is 17.6 Å². The summed E-state index contributed by atoms with van der Waals surface area (Å²) in [5.74, 6) is -0.925. The quantitative estimate of drug-likeness (QED) is 0.760. The molecule has 1 aromatic heterocycles. The van der Waals surface area contributed by atoms with Gasteiger partial charge in [-0.2, -0.15) is 0 Å². The van der Waals surface area contributed by atoms with Crippen molar-refractivity contribution in [3.05, 3.63) is 83.7 Å². The summed E-state index contributed by atoms with van der Waals surface area (Å²) in [4.78, 5) is 4.45. The van der Waals surface area contributed by atoms with E-state index >= 15 is 0 Å². The molecule has 0 aliphatic heterocycles. The number of aromatic nitrogens is 1. The molecule has 3 aromatic rings. The molecule has 25 heavy (non-hydrogen) atoms. The minimum atomic E-state index is -0.629. The van der Waals surface area contributed by atoms with Gasteiger partial charge >= 0.3 is 0 Å². The fourth-order valence-electron chi connectivity index (χ4n) is 2.89. The summed E-state index contributed by atoms with van der Waals surface area (Å²) in [6.07, 6.45) is 1.65. The lowest BCUT2D eigenvalue weighted by Crippen LogP contribution is -2.16. The van der Waals surface area contributed by atoms with Gasteiger partial charge in [0.2, 0.25) is 0 Å². The van der Waals surface area contributed by atoms with E-state index in [-0.39, 0.29) is 6.54 Å². The van der Waals surface area contributed by atoms with Crippen LogP contribution < -0.4 is 10.5 Å². The van der Waals surface area contributed by atoms with Gasteiger partial charge < -0.3 is 10.5 Å². The summed E-state index contributed by atoms with van der Waals surface area (Å²) < 4.78 is 32.4. The third-order valence-electron chi connectivity index (χ3n) is 4.09. The van der Waals surface area contributed by atoms with Crippen molar-refractivity contribution in [3.63, 3.8) is 0 Å². The number of benzene rings is 2. The fourth-order valence-corrected chi connectivity index (χ4v) is 2.89. The Hall–Kier alpha value is -2.79. The Bertz CT molecular complexity index is 846. The van der Waals surface area contributed by atoms with Crippen LogP contribution in [-0.4, -0.2) is 18.6 Å². The monoisotopic (exact) mass is 340 g/mol. The molecule has 0 unspecified atom stereocenters. The van der Waals surface area contributed by atoms with Crippen LogP contribution in [0.25, 0.3) is 11.1 Å². The summed E-state index contributed by atoms with van der Waals surface area (Å²) in [6, 6.07) is 14.7. The van der Waals surface area contributed by atoms with Crippen molar-refractivity contribution in [2.45, 2.75) is 5.92 Å². The molecule has 3 rings (SSSR count). The minimum absolute atomic E-state index is 0.184. The number of rotatable bonds is 5. The molecule has 0 fully saturated rings. The highest BCUT2D eigenvalue weighted by Crippen LogP contribution is 2.32. The number of ether oxygens (including phenoxy) is 1. The van der Waals surface area contributed by atoms with Crippen LogP contribution >= 0.6 is 0 Å². The van der Waals surface area contributed by atoms with Crippen LogP contribution in [0.2, 0.25) is 0 Å². The molecule has 0 saturated carbocycles. The smallest absolute Gasteiger partial charge is 0.126 e. The lowest BCUT2D eigenvalue weighted by atomic mass is 9.90.